The van der Waals surface area contributed by atoms with Gasteiger partial charge >= 0.3 is 0 Å². The van der Waals surface area contributed by atoms with Gasteiger partial charge in [0.15, 0.2) is 5.16 Å². The molecule has 130 valence electrons. The number of anilines is 1. The summed E-state index contributed by atoms with van der Waals surface area (Å²) < 4.78 is 1.43. The van der Waals surface area contributed by atoms with Crippen LogP contribution in [0.5, 0.6) is 5.75 Å². The van der Waals surface area contributed by atoms with Crippen molar-refractivity contribution in [2.24, 2.45) is 7.05 Å². The van der Waals surface area contributed by atoms with Crippen LogP contribution in [0.3, 0.4) is 0 Å². The molecule has 0 atom stereocenters. The second kappa shape index (κ2) is 7.07. The average Bonchev–Trinajstić information content (AvgIpc) is 2.93. The Morgan fingerprint density at radius 2 is 2.20 bits per heavy atom. The van der Waals surface area contributed by atoms with Gasteiger partial charge < -0.3 is 10.4 Å². The molecule has 1 amide bonds. The summed E-state index contributed by atoms with van der Waals surface area (Å²) in [6.07, 6.45) is 0. The zero-order chi connectivity index (χ0) is 18.1. The van der Waals surface area contributed by atoms with Crippen molar-refractivity contribution in [3.8, 4) is 5.75 Å². The monoisotopic (exact) mass is 395 g/mol. The highest BCUT2D eigenvalue weighted by Gasteiger charge is 2.13. The number of benzene rings is 1. The van der Waals surface area contributed by atoms with Crippen LogP contribution >= 0.6 is 34.7 Å². The SMILES string of the molecule is Cc1cc2c(=O)n(C)c(SCC(=O)Nc3cc(Cl)ccc3O)nc2s1. The van der Waals surface area contributed by atoms with E-state index in [1.165, 1.54) is 34.1 Å². The molecule has 0 spiro atoms. The minimum atomic E-state index is -0.334. The largest absolute Gasteiger partial charge is 0.506 e. The van der Waals surface area contributed by atoms with Crippen molar-refractivity contribution in [3.63, 3.8) is 0 Å². The Bertz CT molecular complexity index is 1030. The number of hydrogen-bond acceptors (Lipinski definition) is 6. The summed E-state index contributed by atoms with van der Waals surface area (Å²) in [6.45, 7) is 1.92. The fraction of sp³-hybridized carbons (Fsp3) is 0.188. The van der Waals surface area contributed by atoms with Crippen LogP contribution in [0, 0.1) is 6.92 Å². The molecule has 0 fully saturated rings. The Labute approximate surface area is 156 Å². The van der Waals surface area contributed by atoms with Crippen LogP contribution < -0.4 is 10.9 Å². The number of halogens is 1. The lowest BCUT2D eigenvalue weighted by Crippen LogP contribution is -2.20. The molecule has 2 aromatic heterocycles. The number of carbonyl (C=O) groups excluding carboxylic acids is 1. The molecule has 0 saturated carbocycles. The molecule has 0 aliphatic heterocycles. The smallest absolute Gasteiger partial charge is 0.262 e. The highest BCUT2D eigenvalue weighted by molar-refractivity contribution is 7.99. The normalized spacial score (nSPS) is 11.0. The Balaban J connectivity index is 1.76. The summed E-state index contributed by atoms with van der Waals surface area (Å²) in [6, 6.07) is 6.22. The third-order valence-corrected chi connectivity index (χ3v) is 5.63. The maximum absolute atomic E-state index is 12.3. The van der Waals surface area contributed by atoms with Crippen LogP contribution in [-0.2, 0) is 11.8 Å². The molecule has 0 radical (unpaired) electrons. The number of fused-ring (bicyclic) bond motifs is 1. The van der Waals surface area contributed by atoms with Crippen molar-refractivity contribution in [2.45, 2.75) is 12.1 Å². The van der Waals surface area contributed by atoms with Gasteiger partial charge in [0, 0.05) is 16.9 Å². The molecule has 2 N–H and O–H groups in total. The topological polar surface area (TPSA) is 84.2 Å². The first-order chi connectivity index (χ1) is 11.8. The molecule has 6 nitrogen and oxygen atoms in total. The zero-order valence-electron chi connectivity index (χ0n) is 13.4. The molecule has 0 unspecified atom stereocenters. The number of thioether (sulfide) groups is 1. The number of hydrogen-bond donors (Lipinski definition) is 2. The Morgan fingerprint density at radius 3 is 2.96 bits per heavy atom. The van der Waals surface area contributed by atoms with Gasteiger partial charge in [-0.25, -0.2) is 4.98 Å². The van der Waals surface area contributed by atoms with Gasteiger partial charge in [0.05, 0.1) is 16.8 Å². The molecule has 0 aliphatic carbocycles. The first-order valence-corrected chi connectivity index (χ1v) is 9.41. The van der Waals surface area contributed by atoms with E-state index in [0.717, 1.165) is 16.6 Å². The van der Waals surface area contributed by atoms with Crippen LogP contribution in [0.1, 0.15) is 4.88 Å². The Hall–Kier alpha value is -2.03. The molecule has 3 rings (SSSR count). The van der Waals surface area contributed by atoms with Crippen LogP contribution in [0.15, 0.2) is 34.2 Å². The van der Waals surface area contributed by atoms with Crippen molar-refractivity contribution < 1.29 is 9.90 Å². The van der Waals surface area contributed by atoms with E-state index in [9.17, 15) is 14.7 Å². The van der Waals surface area contributed by atoms with E-state index in [4.69, 9.17) is 11.6 Å². The van der Waals surface area contributed by atoms with Gasteiger partial charge in [0.25, 0.3) is 5.56 Å². The number of aryl methyl sites for hydroxylation is 1. The maximum Gasteiger partial charge on any atom is 0.262 e. The summed E-state index contributed by atoms with van der Waals surface area (Å²) in [5, 5.41) is 13.8. The van der Waals surface area contributed by atoms with Crippen LogP contribution in [0.4, 0.5) is 5.69 Å². The van der Waals surface area contributed by atoms with Crippen LogP contribution in [-0.4, -0.2) is 26.3 Å². The number of nitrogens with one attached hydrogen (secondary N) is 1. The standard InChI is InChI=1S/C16H14ClN3O3S2/c1-8-5-10-14(25-8)19-16(20(2)15(10)23)24-7-13(22)18-11-6-9(17)3-4-12(11)21/h3-6,21H,7H2,1-2H3,(H,18,22). The van der Waals surface area contributed by atoms with Gasteiger partial charge in [-0.05, 0) is 31.2 Å². The average molecular weight is 396 g/mol. The highest BCUT2D eigenvalue weighted by Crippen LogP contribution is 2.27. The van der Waals surface area contributed by atoms with Gasteiger partial charge in [-0.3, -0.25) is 14.2 Å². The third-order valence-electron chi connectivity index (χ3n) is 3.42. The summed E-state index contributed by atoms with van der Waals surface area (Å²) in [7, 11) is 1.63. The quantitative estimate of drug-likeness (QED) is 0.402. The van der Waals surface area contributed by atoms with Crippen LogP contribution in [0.25, 0.3) is 10.2 Å². The molecule has 1 aromatic carbocycles. The summed E-state index contributed by atoms with van der Waals surface area (Å²) in [5.74, 6) is -0.356. The number of phenolic OH excluding ortho intramolecular Hbond substituents is 1. The maximum atomic E-state index is 12.3. The number of aromatic nitrogens is 2. The van der Waals surface area contributed by atoms with E-state index in [-0.39, 0.29) is 28.7 Å². The summed E-state index contributed by atoms with van der Waals surface area (Å²) in [5.41, 5.74) is 0.106. The van der Waals surface area contributed by atoms with E-state index < -0.39 is 0 Å². The van der Waals surface area contributed by atoms with Gasteiger partial charge in [0.1, 0.15) is 10.6 Å². The zero-order valence-corrected chi connectivity index (χ0v) is 15.8. The van der Waals surface area contributed by atoms with Crippen molar-refractivity contribution in [3.05, 3.63) is 44.5 Å². The fourth-order valence-corrected chi connectivity index (χ4v) is 4.09. The molecular weight excluding hydrogens is 382 g/mol. The number of rotatable bonds is 4. The molecule has 25 heavy (non-hydrogen) atoms. The highest BCUT2D eigenvalue weighted by atomic mass is 35.5. The molecule has 9 heteroatoms. The second-order valence-corrected chi connectivity index (χ2v) is 7.95. The molecular formula is C16H14ClN3O3S2. The van der Waals surface area contributed by atoms with E-state index in [2.05, 4.69) is 10.3 Å². The van der Waals surface area contributed by atoms with E-state index >= 15 is 0 Å². The number of amides is 1. The van der Waals surface area contributed by atoms with Crippen molar-refractivity contribution in [1.82, 2.24) is 9.55 Å². The second-order valence-electron chi connectivity index (χ2n) is 5.33. The molecule has 0 saturated heterocycles. The van der Waals surface area contributed by atoms with Crippen molar-refractivity contribution in [1.29, 1.82) is 0 Å². The minimum absolute atomic E-state index is 0.0437. The van der Waals surface area contributed by atoms with Gasteiger partial charge in [-0.2, -0.15) is 0 Å². The molecule has 0 aliphatic rings. The lowest BCUT2D eigenvalue weighted by atomic mass is 10.3. The summed E-state index contributed by atoms with van der Waals surface area (Å²) >= 11 is 8.45. The third kappa shape index (κ3) is 3.81. The van der Waals surface area contributed by atoms with E-state index in [0.29, 0.717) is 20.4 Å². The lowest BCUT2D eigenvalue weighted by molar-refractivity contribution is -0.113. The number of phenols is 1. The first kappa shape index (κ1) is 17.8. The van der Waals surface area contributed by atoms with Gasteiger partial charge in [-0.1, -0.05) is 23.4 Å². The predicted octanol–water partition coefficient (Wildman–Crippen LogP) is 3.39. The number of thiophene rings is 1. The first-order valence-electron chi connectivity index (χ1n) is 7.23. The van der Waals surface area contributed by atoms with Crippen LogP contribution in [0.2, 0.25) is 5.02 Å². The Morgan fingerprint density at radius 1 is 1.44 bits per heavy atom. The summed E-state index contributed by atoms with van der Waals surface area (Å²) in [4.78, 5) is 30.6. The molecule has 2 heterocycles. The number of carbonyl (C=O) groups is 1. The number of aromatic hydroxyl groups is 1. The van der Waals surface area contributed by atoms with Gasteiger partial charge in [-0.15, -0.1) is 11.3 Å². The van der Waals surface area contributed by atoms with Crippen molar-refractivity contribution in [2.75, 3.05) is 11.1 Å². The number of nitrogens with zero attached hydrogens (tertiary/aromatic N) is 2. The lowest BCUT2D eigenvalue weighted by Gasteiger charge is -2.09. The molecule has 3 aromatic rings. The predicted molar refractivity (Wildman–Crippen MR) is 102 cm³/mol. The van der Waals surface area contributed by atoms with Gasteiger partial charge in [0.2, 0.25) is 5.91 Å². The van der Waals surface area contributed by atoms with E-state index in [1.54, 1.807) is 7.05 Å². The Kier molecular flexibility index (Phi) is 5.03. The molecule has 0 bridgehead atoms. The minimum Gasteiger partial charge on any atom is -0.506 e. The fourth-order valence-electron chi connectivity index (χ4n) is 2.22. The van der Waals surface area contributed by atoms with E-state index in [1.807, 2.05) is 13.0 Å². The van der Waals surface area contributed by atoms with Crippen molar-refractivity contribution >= 4 is 56.5 Å².